The summed E-state index contributed by atoms with van der Waals surface area (Å²) in [6.07, 6.45) is 2.31. The van der Waals surface area contributed by atoms with Crippen LogP contribution >= 0.6 is 0 Å². The zero-order valence-electron chi connectivity index (χ0n) is 18.3. The molecule has 1 heterocycles. The molecule has 0 bridgehead atoms. The summed E-state index contributed by atoms with van der Waals surface area (Å²) in [4.78, 5) is 14.4. The van der Waals surface area contributed by atoms with E-state index in [-0.39, 0.29) is 5.91 Å². The van der Waals surface area contributed by atoms with E-state index in [0.29, 0.717) is 18.7 Å². The van der Waals surface area contributed by atoms with Gasteiger partial charge in [0.05, 0.1) is 24.0 Å². The van der Waals surface area contributed by atoms with Crippen molar-refractivity contribution >= 4 is 5.91 Å². The molecular formula is C25H32N4O2. The molecule has 0 fully saturated rings. The van der Waals surface area contributed by atoms with Crippen molar-refractivity contribution in [2.24, 2.45) is 0 Å². The van der Waals surface area contributed by atoms with Crippen LogP contribution in [0, 0.1) is 0 Å². The second-order valence-corrected chi connectivity index (χ2v) is 7.87. The summed E-state index contributed by atoms with van der Waals surface area (Å²) >= 11 is 0. The van der Waals surface area contributed by atoms with Crippen molar-refractivity contribution in [3.63, 3.8) is 0 Å². The van der Waals surface area contributed by atoms with Gasteiger partial charge in [0.15, 0.2) is 0 Å². The zero-order valence-corrected chi connectivity index (χ0v) is 18.3. The largest absolute Gasteiger partial charge is 0.387 e. The minimum absolute atomic E-state index is 0.0118. The molecule has 0 aliphatic carbocycles. The number of aliphatic hydroxyl groups excluding tert-OH is 1. The fourth-order valence-corrected chi connectivity index (χ4v) is 3.50. The second-order valence-electron chi connectivity index (χ2n) is 7.87. The number of aryl methyl sites for hydroxylation is 1. The smallest absolute Gasteiger partial charge is 0.253 e. The lowest BCUT2D eigenvalue weighted by atomic mass is 10.1. The Morgan fingerprint density at radius 3 is 2.58 bits per heavy atom. The number of aromatic amines is 1. The molecule has 3 N–H and O–H groups in total. The number of hydrogen-bond acceptors (Lipinski definition) is 4. The van der Waals surface area contributed by atoms with Crippen LogP contribution in [-0.4, -0.2) is 46.2 Å². The summed E-state index contributed by atoms with van der Waals surface area (Å²) < 4.78 is 0. The number of benzene rings is 2. The standard InChI is InChI=1S/C25H32N4O2/c1-3-7-22-16-23(28-27-22)18-29(2)25(31)21-12-10-19(11-13-21)14-15-26-17-24(30)20-8-5-4-6-9-20/h4-6,8-13,16,24,26,30H,3,7,14-15,17-18H2,1-2H3,(H,27,28). The molecule has 164 valence electrons. The minimum atomic E-state index is -0.510. The van der Waals surface area contributed by atoms with Gasteiger partial charge in [-0.25, -0.2) is 0 Å². The molecule has 1 atom stereocenters. The fourth-order valence-electron chi connectivity index (χ4n) is 3.50. The first-order valence-electron chi connectivity index (χ1n) is 10.9. The number of H-pyrrole nitrogens is 1. The van der Waals surface area contributed by atoms with Gasteiger partial charge in [-0.15, -0.1) is 0 Å². The third kappa shape index (κ3) is 6.77. The quantitative estimate of drug-likeness (QED) is 0.415. The van der Waals surface area contributed by atoms with E-state index in [1.54, 1.807) is 11.9 Å². The molecule has 0 saturated carbocycles. The van der Waals surface area contributed by atoms with Gasteiger partial charge < -0.3 is 15.3 Å². The van der Waals surface area contributed by atoms with Crippen molar-refractivity contribution in [2.75, 3.05) is 20.1 Å². The summed E-state index contributed by atoms with van der Waals surface area (Å²) in [7, 11) is 1.80. The Morgan fingerprint density at radius 2 is 1.87 bits per heavy atom. The van der Waals surface area contributed by atoms with Crippen LogP contribution in [0.1, 0.15) is 52.3 Å². The van der Waals surface area contributed by atoms with Gasteiger partial charge in [-0.05, 0) is 48.7 Å². The van der Waals surface area contributed by atoms with Crippen LogP contribution in [0.25, 0.3) is 0 Å². The van der Waals surface area contributed by atoms with Crippen molar-refractivity contribution in [1.82, 2.24) is 20.4 Å². The van der Waals surface area contributed by atoms with Crippen LogP contribution in [0.3, 0.4) is 0 Å². The monoisotopic (exact) mass is 420 g/mol. The van der Waals surface area contributed by atoms with Crippen LogP contribution < -0.4 is 5.32 Å². The first kappa shape index (κ1) is 22.7. The summed E-state index contributed by atoms with van der Waals surface area (Å²) in [6, 6.07) is 19.4. The molecule has 0 spiro atoms. The van der Waals surface area contributed by atoms with Crippen LogP contribution in [0.2, 0.25) is 0 Å². The molecule has 1 unspecified atom stereocenters. The van der Waals surface area contributed by atoms with Crippen LogP contribution in [0.5, 0.6) is 0 Å². The fraction of sp³-hybridized carbons (Fsp3) is 0.360. The van der Waals surface area contributed by atoms with E-state index < -0.39 is 6.10 Å². The average molecular weight is 421 g/mol. The molecule has 0 radical (unpaired) electrons. The molecule has 0 aliphatic rings. The van der Waals surface area contributed by atoms with Crippen molar-refractivity contribution in [3.8, 4) is 0 Å². The summed E-state index contributed by atoms with van der Waals surface area (Å²) in [5, 5.41) is 20.8. The maximum Gasteiger partial charge on any atom is 0.253 e. The van der Waals surface area contributed by atoms with E-state index in [2.05, 4.69) is 22.4 Å². The van der Waals surface area contributed by atoms with E-state index in [9.17, 15) is 9.90 Å². The van der Waals surface area contributed by atoms with Crippen molar-refractivity contribution in [3.05, 3.63) is 88.7 Å². The normalized spacial score (nSPS) is 12.0. The van der Waals surface area contributed by atoms with Crippen LogP contribution in [0.15, 0.2) is 60.7 Å². The molecule has 31 heavy (non-hydrogen) atoms. The number of carbonyl (C=O) groups is 1. The van der Waals surface area contributed by atoms with Crippen molar-refractivity contribution in [2.45, 2.75) is 38.8 Å². The summed E-state index contributed by atoms with van der Waals surface area (Å²) in [6.45, 7) is 3.90. The molecular weight excluding hydrogens is 388 g/mol. The molecule has 0 aliphatic heterocycles. The highest BCUT2D eigenvalue weighted by Gasteiger charge is 2.13. The SMILES string of the molecule is CCCc1cc(CN(C)C(=O)c2ccc(CCNCC(O)c3ccccc3)cc2)[nH]n1. The van der Waals surface area contributed by atoms with Crippen molar-refractivity contribution in [1.29, 1.82) is 0 Å². The topological polar surface area (TPSA) is 81.3 Å². The van der Waals surface area contributed by atoms with E-state index in [4.69, 9.17) is 0 Å². The average Bonchev–Trinajstić information content (AvgIpc) is 3.24. The Kier molecular flexibility index (Phi) is 8.38. The van der Waals surface area contributed by atoms with Crippen LogP contribution in [-0.2, 0) is 19.4 Å². The highest BCUT2D eigenvalue weighted by molar-refractivity contribution is 5.94. The van der Waals surface area contributed by atoms with Gasteiger partial charge >= 0.3 is 0 Å². The molecule has 6 heteroatoms. The number of hydrogen-bond donors (Lipinski definition) is 3. The number of carbonyl (C=O) groups excluding carboxylic acids is 1. The number of nitrogens with zero attached hydrogens (tertiary/aromatic N) is 2. The van der Waals surface area contributed by atoms with E-state index in [1.165, 1.54) is 0 Å². The predicted octanol–water partition coefficient (Wildman–Crippen LogP) is 3.50. The van der Waals surface area contributed by atoms with Gasteiger partial charge in [0.2, 0.25) is 0 Å². The molecule has 3 rings (SSSR count). The summed E-state index contributed by atoms with van der Waals surface area (Å²) in [5.74, 6) is -0.0118. The van der Waals surface area contributed by atoms with Gasteiger partial charge in [0.1, 0.15) is 0 Å². The number of aliphatic hydroxyl groups is 1. The maximum atomic E-state index is 12.7. The Labute approximate surface area is 184 Å². The Hall–Kier alpha value is -2.96. The molecule has 3 aromatic rings. The number of aromatic nitrogens is 2. The highest BCUT2D eigenvalue weighted by atomic mass is 16.3. The molecule has 0 saturated heterocycles. The first-order chi connectivity index (χ1) is 15.1. The third-order valence-corrected chi connectivity index (χ3v) is 5.26. The second kappa shape index (κ2) is 11.4. The molecule has 1 amide bonds. The van der Waals surface area contributed by atoms with E-state index in [1.807, 2.05) is 60.7 Å². The van der Waals surface area contributed by atoms with Crippen molar-refractivity contribution < 1.29 is 9.90 Å². The lowest BCUT2D eigenvalue weighted by molar-refractivity contribution is 0.0783. The minimum Gasteiger partial charge on any atom is -0.387 e. The third-order valence-electron chi connectivity index (χ3n) is 5.26. The molecule has 1 aromatic heterocycles. The lowest BCUT2D eigenvalue weighted by Gasteiger charge is -2.16. The number of amides is 1. The van der Waals surface area contributed by atoms with Gasteiger partial charge in [0.25, 0.3) is 5.91 Å². The molecule has 6 nitrogen and oxygen atoms in total. The predicted molar refractivity (Wildman–Crippen MR) is 123 cm³/mol. The zero-order chi connectivity index (χ0) is 22.1. The lowest BCUT2D eigenvalue weighted by Crippen LogP contribution is -2.26. The van der Waals surface area contributed by atoms with E-state index in [0.717, 1.165) is 48.3 Å². The number of rotatable bonds is 11. The summed E-state index contributed by atoms with van der Waals surface area (Å²) in [5.41, 5.74) is 4.72. The first-order valence-corrected chi connectivity index (χ1v) is 10.9. The Bertz CT molecular complexity index is 938. The Balaban J connectivity index is 1.43. The van der Waals surface area contributed by atoms with Gasteiger partial charge in [-0.2, -0.15) is 5.10 Å². The molecule has 2 aromatic carbocycles. The van der Waals surface area contributed by atoms with E-state index >= 15 is 0 Å². The van der Waals surface area contributed by atoms with Gasteiger partial charge in [0, 0.05) is 19.2 Å². The van der Waals surface area contributed by atoms with Crippen LogP contribution in [0.4, 0.5) is 0 Å². The number of nitrogens with one attached hydrogen (secondary N) is 2. The van der Waals surface area contributed by atoms with Gasteiger partial charge in [-0.1, -0.05) is 55.8 Å². The Morgan fingerprint density at radius 1 is 1.13 bits per heavy atom. The van der Waals surface area contributed by atoms with Gasteiger partial charge in [-0.3, -0.25) is 9.89 Å². The maximum absolute atomic E-state index is 12.7. The highest BCUT2D eigenvalue weighted by Crippen LogP contribution is 2.12.